The van der Waals surface area contributed by atoms with Crippen molar-refractivity contribution in [3.05, 3.63) is 47.0 Å². The molecule has 2 aliphatic heterocycles. The van der Waals surface area contributed by atoms with Gasteiger partial charge in [0.25, 0.3) is 0 Å². The van der Waals surface area contributed by atoms with Crippen molar-refractivity contribution in [2.75, 3.05) is 0 Å². The molecule has 154 valence electrons. The molecule has 2 bridgehead atoms. The lowest BCUT2D eigenvalue weighted by Crippen LogP contribution is -2.17. The Morgan fingerprint density at radius 2 is 1.60 bits per heavy atom. The van der Waals surface area contributed by atoms with Gasteiger partial charge >= 0.3 is 0 Å². The maximum absolute atomic E-state index is 6.19. The van der Waals surface area contributed by atoms with Crippen molar-refractivity contribution in [1.82, 2.24) is 19.4 Å². The molecule has 5 heteroatoms. The van der Waals surface area contributed by atoms with E-state index in [1.54, 1.807) is 0 Å². The van der Waals surface area contributed by atoms with E-state index in [0.29, 0.717) is 0 Å². The summed E-state index contributed by atoms with van der Waals surface area (Å²) in [5.74, 6) is 0.826. The zero-order valence-corrected chi connectivity index (χ0v) is 18.6. The van der Waals surface area contributed by atoms with Crippen LogP contribution in [0.25, 0.3) is 27.6 Å². The molecule has 4 aromatic rings. The molecule has 0 spiro atoms. The van der Waals surface area contributed by atoms with Gasteiger partial charge in [-0.25, -0.2) is 15.0 Å². The van der Waals surface area contributed by atoms with Crippen LogP contribution in [0.3, 0.4) is 0 Å². The second-order valence-electron chi connectivity index (χ2n) is 11.0. The lowest BCUT2D eigenvalue weighted by molar-refractivity contribution is 0.0717. The van der Waals surface area contributed by atoms with Crippen LogP contribution in [0.5, 0.6) is 0 Å². The molecule has 2 atom stereocenters. The standard InChI is InChI=1S/C25H28N4O/c1-24(2,3)20-10-13-9-15-16(19-8-7-18(15)30-19)11-14(13)22-27-21-17(29(20)22)12-26-23(28-21)25(4,5)6/h9-12,18-19H,7-8H2,1-6H3. The smallest absolute Gasteiger partial charge is 0.182 e. The number of hydrogen-bond acceptors (Lipinski definition) is 4. The minimum absolute atomic E-state index is 0.0444. The first-order valence-corrected chi connectivity index (χ1v) is 10.9. The number of nitrogens with zero attached hydrogens (tertiary/aromatic N) is 4. The molecule has 30 heavy (non-hydrogen) atoms. The van der Waals surface area contributed by atoms with Crippen LogP contribution in [-0.4, -0.2) is 19.4 Å². The number of benzene rings is 1. The predicted molar refractivity (Wildman–Crippen MR) is 119 cm³/mol. The van der Waals surface area contributed by atoms with Gasteiger partial charge in [0, 0.05) is 21.9 Å². The van der Waals surface area contributed by atoms with Crippen LogP contribution >= 0.6 is 0 Å². The Bertz CT molecular complexity index is 1350. The first kappa shape index (κ1) is 18.3. The Morgan fingerprint density at radius 3 is 2.27 bits per heavy atom. The Kier molecular flexibility index (Phi) is 3.40. The first-order valence-electron chi connectivity index (χ1n) is 10.9. The van der Waals surface area contributed by atoms with E-state index in [9.17, 15) is 0 Å². The zero-order valence-electron chi connectivity index (χ0n) is 18.6. The van der Waals surface area contributed by atoms with Crippen molar-refractivity contribution >= 4 is 27.6 Å². The Morgan fingerprint density at radius 1 is 0.900 bits per heavy atom. The highest BCUT2D eigenvalue weighted by atomic mass is 16.5. The van der Waals surface area contributed by atoms with Gasteiger partial charge in [0.15, 0.2) is 5.65 Å². The maximum Gasteiger partial charge on any atom is 0.182 e. The van der Waals surface area contributed by atoms with Gasteiger partial charge in [0.1, 0.15) is 17.0 Å². The number of aromatic nitrogens is 4. The Balaban J connectivity index is 1.74. The molecule has 1 saturated heterocycles. The molecule has 5 nitrogen and oxygen atoms in total. The molecule has 5 heterocycles. The average molecular weight is 401 g/mol. The van der Waals surface area contributed by atoms with Gasteiger partial charge in [-0.15, -0.1) is 0 Å². The van der Waals surface area contributed by atoms with Gasteiger partial charge in [-0.2, -0.15) is 0 Å². The minimum atomic E-state index is -0.115. The van der Waals surface area contributed by atoms with Crippen molar-refractivity contribution in [2.45, 2.75) is 77.4 Å². The lowest BCUT2D eigenvalue weighted by atomic mass is 9.87. The van der Waals surface area contributed by atoms with Crippen LogP contribution in [-0.2, 0) is 15.6 Å². The van der Waals surface area contributed by atoms with Gasteiger partial charge in [-0.1, -0.05) is 41.5 Å². The average Bonchev–Trinajstić information content (AvgIpc) is 3.37. The highest BCUT2D eigenvalue weighted by Crippen LogP contribution is 2.52. The number of ether oxygens (including phenoxy) is 1. The van der Waals surface area contributed by atoms with Crippen LogP contribution in [0.2, 0.25) is 0 Å². The van der Waals surface area contributed by atoms with Gasteiger partial charge in [0.2, 0.25) is 0 Å². The van der Waals surface area contributed by atoms with E-state index >= 15 is 0 Å². The fourth-order valence-electron chi connectivity index (χ4n) is 5.04. The SMILES string of the molecule is CC(C)(C)c1ncc2c(n1)nc1c3cc4c(cc3cc(C(C)(C)C)n21)C1CCC4O1. The fraction of sp³-hybridized carbons (Fsp3) is 0.480. The van der Waals surface area contributed by atoms with E-state index in [4.69, 9.17) is 19.7 Å². The second-order valence-corrected chi connectivity index (χ2v) is 11.0. The number of fused-ring (bicyclic) bond motifs is 10. The molecular formula is C25H28N4O. The highest BCUT2D eigenvalue weighted by Gasteiger charge is 2.38. The van der Waals surface area contributed by atoms with E-state index in [-0.39, 0.29) is 23.0 Å². The summed E-state index contributed by atoms with van der Waals surface area (Å²) < 4.78 is 8.45. The number of rotatable bonds is 0. The molecule has 0 amide bonds. The molecular weight excluding hydrogens is 372 g/mol. The molecule has 1 aromatic carbocycles. The molecule has 2 unspecified atom stereocenters. The Labute approximate surface area is 176 Å². The summed E-state index contributed by atoms with van der Waals surface area (Å²) in [7, 11) is 0. The molecule has 0 saturated carbocycles. The zero-order chi connectivity index (χ0) is 21.0. The summed E-state index contributed by atoms with van der Waals surface area (Å²) in [6.07, 6.45) is 4.71. The van der Waals surface area contributed by atoms with Gasteiger partial charge < -0.3 is 4.74 Å². The fourth-order valence-corrected chi connectivity index (χ4v) is 5.04. The van der Waals surface area contributed by atoms with E-state index in [1.165, 1.54) is 27.6 Å². The normalized spacial score (nSPS) is 21.3. The molecule has 3 aromatic heterocycles. The number of hydrogen-bond donors (Lipinski definition) is 0. The summed E-state index contributed by atoms with van der Waals surface area (Å²) in [4.78, 5) is 14.6. The third-order valence-corrected chi connectivity index (χ3v) is 6.60. The van der Waals surface area contributed by atoms with Crippen molar-refractivity contribution in [2.24, 2.45) is 0 Å². The minimum Gasteiger partial charge on any atom is -0.366 e. The first-order chi connectivity index (χ1) is 14.1. The van der Waals surface area contributed by atoms with Crippen LogP contribution < -0.4 is 0 Å². The van der Waals surface area contributed by atoms with Gasteiger partial charge in [-0.3, -0.25) is 4.40 Å². The van der Waals surface area contributed by atoms with Crippen molar-refractivity contribution in [3.8, 4) is 0 Å². The largest absolute Gasteiger partial charge is 0.366 e. The van der Waals surface area contributed by atoms with Crippen molar-refractivity contribution in [3.63, 3.8) is 0 Å². The number of pyridine rings is 1. The lowest BCUT2D eigenvalue weighted by Gasteiger charge is -2.23. The third-order valence-electron chi connectivity index (χ3n) is 6.60. The van der Waals surface area contributed by atoms with Crippen LogP contribution in [0.1, 0.15) is 89.2 Å². The van der Waals surface area contributed by atoms with Crippen molar-refractivity contribution < 1.29 is 4.74 Å². The van der Waals surface area contributed by atoms with Gasteiger partial charge in [0.05, 0.1) is 18.4 Å². The summed E-state index contributed by atoms with van der Waals surface area (Å²) in [5, 5.41) is 2.41. The molecule has 0 radical (unpaired) electrons. The van der Waals surface area contributed by atoms with Gasteiger partial charge in [-0.05, 0) is 47.6 Å². The van der Waals surface area contributed by atoms with E-state index in [2.05, 4.69) is 64.1 Å². The van der Waals surface area contributed by atoms with E-state index in [1.807, 2.05) is 6.20 Å². The van der Waals surface area contributed by atoms with Crippen LogP contribution in [0.4, 0.5) is 0 Å². The molecule has 6 rings (SSSR count). The number of imidazole rings is 1. The summed E-state index contributed by atoms with van der Waals surface area (Å²) >= 11 is 0. The van der Waals surface area contributed by atoms with Crippen molar-refractivity contribution in [1.29, 1.82) is 0 Å². The molecule has 1 fully saturated rings. The van der Waals surface area contributed by atoms with Crippen LogP contribution in [0, 0.1) is 0 Å². The third kappa shape index (κ3) is 2.41. The Hall–Kier alpha value is -2.53. The predicted octanol–water partition coefficient (Wildman–Crippen LogP) is 5.93. The van der Waals surface area contributed by atoms with E-state index < -0.39 is 0 Å². The molecule has 0 aliphatic carbocycles. The van der Waals surface area contributed by atoms with E-state index in [0.717, 1.165) is 35.5 Å². The second kappa shape index (κ2) is 5.58. The summed E-state index contributed by atoms with van der Waals surface area (Å²) in [6, 6.07) is 6.99. The quantitative estimate of drug-likeness (QED) is 0.367. The monoisotopic (exact) mass is 400 g/mol. The highest BCUT2D eigenvalue weighted by molar-refractivity contribution is 5.99. The molecule has 0 N–H and O–H groups in total. The topological polar surface area (TPSA) is 52.3 Å². The molecule has 2 aliphatic rings. The van der Waals surface area contributed by atoms with Crippen LogP contribution in [0.15, 0.2) is 24.4 Å². The summed E-state index contributed by atoms with van der Waals surface area (Å²) in [5.41, 5.74) is 6.50. The maximum atomic E-state index is 6.19. The summed E-state index contributed by atoms with van der Waals surface area (Å²) in [6.45, 7) is 13.2.